The number of rotatable bonds is 3. The highest BCUT2D eigenvalue weighted by Crippen LogP contribution is 2.29. The molecule has 2 saturated heterocycles. The molecule has 2 aliphatic rings. The summed E-state index contributed by atoms with van der Waals surface area (Å²) in [5.74, 6) is 1.45. The molecule has 0 N–H and O–H groups in total. The van der Waals surface area contributed by atoms with Gasteiger partial charge in [-0.3, -0.25) is 4.90 Å². The van der Waals surface area contributed by atoms with Crippen molar-refractivity contribution in [3.8, 4) is 11.3 Å². The molecule has 2 aliphatic heterocycles. The molecule has 0 radical (unpaired) electrons. The molecule has 1 unspecified atom stereocenters. The Bertz CT molecular complexity index is 661. The van der Waals surface area contributed by atoms with E-state index in [1.807, 2.05) is 12.1 Å². The van der Waals surface area contributed by atoms with Gasteiger partial charge in [0.05, 0.1) is 19.8 Å². The van der Waals surface area contributed by atoms with Crippen LogP contribution in [-0.4, -0.2) is 43.4 Å². The molecule has 5 heteroatoms. The highest BCUT2D eigenvalue weighted by molar-refractivity contribution is 5.57. The number of morpholine rings is 1. The lowest BCUT2D eigenvalue weighted by molar-refractivity contribution is -0.112. The van der Waals surface area contributed by atoms with E-state index in [0.717, 1.165) is 56.4 Å². The molecular weight excluding hydrogens is 297 g/mol. The fourth-order valence-electron chi connectivity index (χ4n) is 3.34. The smallest absolute Gasteiger partial charge is 0.134 e. The Hall–Kier alpha value is -1.69. The van der Waals surface area contributed by atoms with E-state index in [1.54, 1.807) is 12.1 Å². The second-order valence-electron chi connectivity index (χ2n) is 6.32. The molecule has 0 amide bonds. The van der Waals surface area contributed by atoms with E-state index in [0.29, 0.717) is 6.61 Å². The van der Waals surface area contributed by atoms with E-state index in [2.05, 4.69) is 4.90 Å². The van der Waals surface area contributed by atoms with Gasteiger partial charge >= 0.3 is 0 Å². The zero-order valence-corrected chi connectivity index (χ0v) is 13.0. The highest BCUT2D eigenvalue weighted by Gasteiger charge is 2.40. The number of hydrogen-bond donors (Lipinski definition) is 0. The molecule has 1 spiro atoms. The summed E-state index contributed by atoms with van der Waals surface area (Å²) in [6.07, 6.45) is 0.961. The van der Waals surface area contributed by atoms with Gasteiger partial charge in [-0.25, -0.2) is 4.39 Å². The van der Waals surface area contributed by atoms with Gasteiger partial charge in [0, 0.05) is 31.7 Å². The van der Waals surface area contributed by atoms with Gasteiger partial charge in [-0.2, -0.15) is 0 Å². The Morgan fingerprint density at radius 3 is 2.74 bits per heavy atom. The molecule has 0 bridgehead atoms. The summed E-state index contributed by atoms with van der Waals surface area (Å²) in [6.45, 7) is 4.72. The molecule has 1 aromatic heterocycles. The third-order valence-electron chi connectivity index (χ3n) is 4.56. The van der Waals surface area contributed by atoms with Crippen molar-refractivity contribution < 1.29 is 18.3 Å². The molecule has 122 valence electrons. The summed E-state index contributed by atoms with van der Waals surface area (Å²) in [5, 5.41) is 0. The van der Waals surface area contributed by atoms with Crippen LogP contribution in [0.3, 0.4) is 0 Å². The van der Waals surface area contributed by atoms with E-state index in [4.69, 9.17) is 13.9 Å². The van der Waals surface area contributed by atoms with Gasteiger partial charge in [0.2, 0.25) is 0 Å². The number of benzene rings is 1. The summed E-state index contributed by atoms with van der Waals surface area (Å²) in [4.78, 5) is 2.35. The minimum atomic E-state index is -0.238. The summed E-state index contributed by atoms with van der Waals surface area (Å²) < 4.78 is 30.4. The first-order chi connectivity index (χ1) is 11.2. The zero-order chi connectivity index (χ0) is 15.7. The monoisotopic (exact) mass is 317 g/mol. The summed E-state index contributed by atoms with van der Waals surface area (Å²) >= 11 is 0. The lowest BCUT2D eigenvalue weighted by Crippen LogP contribution is -2.51. The fourth-order valence-corrected chi connectivity index (χ4v) is 3.34. The Kier molecular flexibility index (Phi) is 3.93. The van der Waals surface area contributed by atoms with Crippen LogP contribution in [0.2, 0.25) is 0 Å². The van der Waals surface area contributed by atoms with Crippen molar-refractivity contribution in [3.05, 3.63) is 48.0 Å². The van der Waals surface area contributed by atoms with Gasteiger partial charge < -0.3 is 13.9 Å². The quantitative estimate of drug-likeness (QED) is 0.871. The maximum absolute atomic E-state index is 13.0. The number of halogens is 1. The normalized spacial score (nSPS) is 25.3. The standard InChI is InChI=1S/C18H20FNO3/c19-15-3-1-14(2-4-15)17-6-5-16(23-17)11-20-8-10-22-18(12-20)7-9-21-13-18/h1-6H,7-13H2. The second-order valence-corrected chi connectivity index (χ2v) is 6.32. The van der Waals surface area contributed by atoms with Crippen molar-refractivity contribution in [1.29, 1.82) is 0 Å². The van der Waals surface area contributed by atoms with Crippen LogP contribution < -0.4 is 0 Å². The molecule has 1 atom stereocenters. The van der Waals surface area contributed by atoms with Gasteiger partial charge in [-0.15, -0.1) is 0 Å². The molecule has 0 aliphatic carbocycles. The minimum Gasteiger partial charge on any atom is -0.460 e. The number of hydrogen-bond acceptors (Lipinski definition) is 4. The van der Waals surface area contributed by atoms with E-state index in [-0.39, 0.29) is 11.4 Å². The SMILES string of the molecule is Fc1ccc(-c2ccc(CN3CCOC4(CCOC4)C3)o2)cc1. The lowest BCUT2D eigenvalue weighted by atomic mass is 10.0. The topological polar surface area (TPSA) is 34.8 Å². The van der Waals surface area contributed by atoms with E-state index in [1.165, 1.54) is 12.1 Å². The van der Waals surface area contributed by atoms with Gasteiger partial charge in [0.15, 0.2) is 0 Å². The van der Waals surface area contributed by atoms with Gasteiger partial charge in [0.25, 0.3) is 0 Å². The first-order valence-electron chi connectivity index (χ1n) is 8.01. The van der Waals surface area contributed by atoms with Crippen LogP contribution in [0.4, 0.5) is 4.39 Å². The first-order valence-corrected chi connectivity index (χ1v) is 8.01. The average Bonchev–Trinajstić information content (AvgIpc) is 3.19. The second kappa shape index (κ2) is 6.07. The van der Waals surface area contributed by atoms with E-state index >= 15 is 0 Å². The predicted molar refractivity (Wildman–Crippen MR) is 83.5 cm³/mol. The summed E-state index contributed by atoms with van der Waals surface area (Å²) in [7, 11) is 0. The van der Waals surface area contributed by atoms with Crippen molar-refractivity contribution in [3.63, 3.8) is 0 Å². The Morgan fingerprint density at radius 2 is 1.96 bits per heavy atom. The van der Waals surface area contributed by atoms with Crippen LogP contribution >= 0.6 is 0 Å². The average molecular weight is 317 g/mol. The third-order valence-corrected chi connectivity index (χ3v) is 4.56. The fraction of sp³-hybridized carbons (Fsp3) is 0.444. The van der Waals surface area contributed by atoms with E-state index < -0.39 is 0 Å². The molecular formula is C18H20FNO3. The van der Waals surface area contributed by atoms with Crippen molar-refractivity contribution in [1.82, 2.24) is 4.90 Å². The van der Waals surface area contributed by atoms with Crippen LogP contribution in [-0.2, 0) is 16.0 Å². The van der Waals surface area contributed by atoms with E-state index in [9.17, 15) is 4.39 Å². The van der Waals surface area contributed by atoms with Crippen LogP contribution in [0.1, 0.15) is 12.2 Å². The largest absolute Gasteiger partial charge is 0.460 e. The number of furan rings is 1. The van der Waals surface area contributed by atoms with Crippen LogP contribution in [0.15, 0.2) is 40.8 Å². The van der Waals surface area contributed by atoms with Gasteiger partial charge in [-0.05, 0) is 36.4 Å². The van der Waals surface area contributed by atoms with Crippen molar-refractivity contribution in [2.24, 2.45) is 0 Å². The molecule has 4 nitrogen and oxygen atoms in total. The van der Waals surface area contributed by atoms with Crippen molar-refractivity contribution in [2.45, 2.75) is 18.6 Å². The minimum absolute atomic E-state index is 0.134. The Labute approximate surface area is 134 Å². The Balaban J connectivity index is 1.44. The molecule has 23 heavy (non-hydrogen) atoms. The molecule has 3 heterocycles. The molecule has 1 aromatic carbocycles. The Morgan fingerprint density at radius 1 is 1.09 bits per heavy atom. The molecule has 2 aromatic rings. The zero-order valence-electron chi connectivity index (χ0n) is 13.0. The van der Waals surface area contributed by atoms with Crippen LogP contribution in [0.5, 0.6) is 0 Å². The lowest BCUT2D eigenvalue weighted by Gasteiger charge is -2.39. The third kappa shape index (κ3) is 3.17. The van der Waals surface area contributed by atoms with Gasteiger partial charge in [0.1, 0.15) is 22.9 Å². The molecule has 2 fully saturated rings. The highest BCUT2D eigenvalue weighted by atomic mass is 19.1. The van der Waals surface area contributed by atoms with Crippen LogP contribution in [0.25, 0.3) is 11.3 Å². The summed E-state index contributed by atoms with van der Waals surface area (Å²) in [6, 6.07) is 10.3. The maximum atomic E-state index is 13.0. The maximum Gasteiger partial charge on any atom is 0.134 e. The van der Waals surface area contributed by atoms with Crippen molar-refractivity contribution >= 4 is 0 Å². The molecule has 0 saturated carbocycles. The summed E-state index contributed by atoms with van der Waals surface area (Å²) in [5.41, 5.74) is 0.755. The molecule has 4 rings (SSSR count). The predicted octanol–water partition coefficient (Wildman–Crippen LogP) is 3.08. The first kappa shape index (κ1) is 14.9. The van der Waals surface area contributed by atoms with Gasteiger partial charge in [-0.1, -0.05) is 0 Å². The van der Waals surface area contributed by atoms with Crippen LogP contribution in [0, 0.1) is 5.82 Å². The van der Waals surface area contributed by atoms with Crippen molar-refractivity contribution in [2.75, 3.05) is 32.9 Å². The number of ether oxygens (including phenoxy) is 2. The number of nitrogens with zero attached hydrogens (tertiary/aromatic N) is 1.